The van der Waals surface area contributed by atoms with Crippen LogP contribution in [-0.2, 0) is 22.4 Å². The third-order valence-corrected chi connectivity index (χ3v) is 3.58. The molecule has 1 unspecified atom stereocenters. The molecule has 0 aliphatic carbocycles. The molecule has 1 aromatic rings. The molecule has 0 aliphatic heterocycles. The number of rotatable bonds is 7. The van der Waals surface area contributed by atoms with Crippen LogP contribution in [0.15, 0.2) is 24.3 Å². The fourth-order valence-electron chi connectivity index (χ4n) is 2.32. The van der Waals surface area contributed by atoms with Crippen molar-refractivity contribution in [2.75, 3.05) is 7.05 Å². The molecule has 0 saturated heterocycles. The predicted octanol–water partition coefficient (Wildman–Crippen LogP) is 2.41. The Bertz CT molecular complexity index is 467. The quantitative estimate of drug-likeness (QED) is 0.804. The molecule has 0 fully saturated rings. The molecular formula is C16H23NO3. The van der Waals surface area contributed by atoms with Crippen LogP contribution in [0, 0.1) is 5.41 Å². The van der Waals surface area contributed by atoms with Crippen LogP contribution in [0.2, 0.25) is 0 Å². The standard InChI is InChI=1S/C16H23NO3/c1-4-9-16(2,15(19)20)11-13-7-5-12(6-8-13)10-14(18)17-3/h5-8H,4,9-11H2,1-3H3,(H,17,18)(H,19,20). The monoisotopic (exact) mass is 277 g/mol. The number of carboxylic acid groups (broad SMARTS) is 1. The molecule has 0 aromatic heterocycles. The second-order valence-corrected chi connectivity index (χ2v) is 5.46. The predicted molar refractivity (Wildman–Crippen MR) is 78.6 cm³/mol. The topological polar surface area (TPSA) is 66.4 Å². The molecule has 0 heterocycles. The van der Waals surface area contributed by atoms with E-state index in [1.807, 2.05) is 31.2 Å². The number of carbonyl (C=O) groups excluding carboxylic acids is 1. The molecule has 0 spiro atoms. The van der Waals surface area contributed by atoms with Crippen molar-refractivity contribution in [3.63, 3.8) is 0 Å². The summed E-state index contributed by atoms with van der Waals surface area (Å²) in [5.41, 5.74) is 1.20. The van der Waals surface area contributed by atoms with Gasteiger partial charge in [-0.05, 0) is 30.9 Å². The molecule has 0 saturated carbocycles. The number of likely N-dealkylation sites (N-methyl/N-ethyl adjacent to an activating group) is 1. The Morgan fingerprint density at radius 1 is 1.20 bits per heavy atom. The Morgan fingerprint density at radius 2 is 1.75 bits per heavy atom. The molecule has 0 radical (unpaired) electrons. The molecule has 110 valence electrons. The summed E-state index contributed by atoms with van der Waals surface area (Å²) in [6, 6.07) is 7.60. The molecule has 0 bridgehead atoms. The van der Waals surface area contributed by atoms with Gasteiger partial charge in [-0.3, -0.25) is 9.59 Å². The lowest BCUT2D eigenvalue weighted by molar-refractivity contribution is -0.148. The highest BCUT2D eigenvalue weighted by atomic mass is 16.4. The van der Waals surface area contributed by atoms with Crippen molar-refractivity contribution < 1.29 is 14.7 Å². The van der Waals surface area contributed by atoms with Crippen LogP contribution in [0.25, 0.3) is 0 Å². The number of aliphatic carboxylic acids is 1. The smallest absolute Gasteiger partial charge is 0.309 e. The highest BCUT2D eigenvalue weighted by Crippen LogP contribution is 2.28. The van der Waals surface area contributed by atoms with Crippen molar-refractivity contribution in [2.24, 2.45) is 5.41 Å². The third kappa shape index (κ3) is 4.37. The van der Waals surface area contributed by atoms with Gasteiger partial charge in [0.15, 0.2) is 0 Å². The van der Waals surface area contributed by atoms with E-state index < -0.39 is 11.4 Å². The van der Waals surface area contributed by atoms with Crippen molar-refractivity contribution in [1.82, 2.24) is 5.32 Å². The van der Waals surface area contributed by atoms with Crippen molar-refractivity contribution in [3.8, 4) is 0 Å². The number of amides is 1. The van der Waals surface area contributed by atoms with Crippen LogP contribution >= 0.6 is 0 Å². The lowest BCUT2D eigenvalue weighted by atomic mass is 9.80. The number of nitrogens with one attached hydrogen (secondary N) is 1. The fraction of sp³-hybridized carbons (Fsp3) is 0.500. The molecule has 2 N–H and O–H groups in total. The Kier molecular flexibility index (Phi) is 5.74. The zero-order valence-electron chi connectivity index (χ0n) is 12.4. The van der Waals surface area contributed by atoms with E-state index in [0.717, 1.165) is 17.5 Å². The van der Waals surface area contributed by atoms with E-state index in [1.54, 1.807) is 14.0 Å². The van der Waals surface area contributed by atoms with Crippen molar-refractivity contribution in [1.29, 1.82) is 0 Å². The van der Waals surface area contributed by atoms with Gasteiger partial charge in [0.1, 0.15) is 0 Å². The highest BCUT2D eigenvalue weighted by Gasteiger charge is 2.32. The lowest BCUT2D eigenvalue weighted by Gasteiger charge is -2.24. The average molecular weight is 277 g/mol. The summed E-state index contributed by atoms with van der Waals surface area (Å²) in [5, 5.41) is 12.0. The summed E-state index contributed by atoms with van der Waals surface area (Å²) in [6.45, 7) is 3.78. The van der Waals surface area contributed by atoms with Gasteiger partial charge >= 0.3 is 5.97 Å². The molecule has 1 atom stereocenters. The second kappa shape index (κ2) is 7.08. The highest BCUT2D eigenvalue weighted by molar-refractivity contribution is 5.78. The summed E-state index contributed by atoms with van der Waals surface area (Å²) >= 11 is 0. The van der Waals surface area contributed by atoms with Gasteiger partial charge in [-0.1, -0.05) is 37.6 Å². The maximum atomic E-state index is 11.4. The first-order chi connectivity index (χ1) is 9.41. The van der Waals surface area contributed by atoms with Gasteiger partial charge in [0, 0.05) is 7.05 Å². The molecule has 1 amide bonds. The summed E-state index contributed by atoms with van der Waals surface area (Å²) in [6.07, 6.45) is 2.36. The molecule has 4 heteroatoms. The van der Waals surface area contributed by atoms with Crippen molar-refractivity contribution in [2.45, 2.75) is 39.5 Å². The SMILES string of the molecule is CCCC(C)(Cc1ccc(CC(=O)NC)cc1)C(=O)O. The van der Waals surface area contributed by atoms with Gasteiger partial charge < -0.3 is 10.4 Å². The van der Waals surface area contributed by atoms with Crippen LogP contribution in [0.5, 0.6) is 0 Å². The summed E-state index contributed by atoms with van der Waals surface area (Å²) in [4.78, 5) is 22.7. The zero-order chi connectivity index (χ0) is 15.2. The molecule has 1 rings (SSSR count). The fourth-order valence-corrected chi connectivity index (χ4v) is 2.32. The van der Waals surface area contributed by atoms with Gasteiger partial charge in [-0.25, -0.2) is 0 Å². The van der Waals surface area contributed by atoms with Crippen molar-refractivity contribution >= 4 is 11.9 Å². The van der Waals surface area contributed by atoms with Crippen LogP contribution in [-0.4, -0.2) is 24.0 Å². The normalized spacial score (nSPS) is 13.6. The maximum Gasteiger partial charge on any atom is 0.309 e. The summed E-state index contributed by atoms with van der Waals surface area (Å²) in [5.74, 6) is -0.784. The molecule has 0 aliphatic rings. The number of carboxylic acids is 1. The number of hydrogen-bond acceptors (Lipinski definition) is 2. The van der Waals surface area contributed by atoms with Gasteiger partial charge in [-0.15, -0.1) is 0 Å². The zero-order valence-corrected chi connectivity index (χ0v) is 12.4. The van der Waals surface area contributed by atoms with E-state index in [1.165, 1.54) is 0 Å². The van der Waals surface area contributed by atoms with Gasteiger partial charge in [0.25, 0.3) is 0 Å². The van der Waals surface area contributed by atoms with E-state index in [9.17, 15) is 14.7 Å². The van der Waals surface area contributed by atoms with E-state index in [4.69, 9.17) is 0 Å². The lowest BCUT2D eigenvalue weighted by Crippen LogP contribution is -2.29. The van der Waals surface area contributed by atoms with Crippen LogP contribution in [0.1, 0.15) is 37.8 Å². The van der Waals surface area contributed by atoms with E-state index in [-0.39, 0.29) is 5.91 Å². The third-order valence-electron chi connectivity index (χ3n) is 3.58. The number of benzene rings is 1. The van der Waals surface area contributed by atoms with E-state index in [0.29, 0.717) is 19.3 Å². The second-order valence-electron chi connectivity index (χ2n) is 5.46. The van der Waals surface area contributed by atoms with Crippen molar-refractivity contribution in [3.05, 3.63) is 35.4 Å². The number of hydrogen-bond donors (Lipinski definition) is 2. The Morgan fingerprint density at radius 3 is 2.20 bits per heavy atom. The molecule has 1 aromatic carbocycles. The Labute approximate surface area is 120 Å². The maximum absolute atomic E-state index is 11.4. The summed E-state index contributed by atoms with van der Waals surface area (Å²) < 4.78 is 0. The molecule has 4 nitrogen and oxygen atoms in total. The van der Waals surface area contributed by atoms with Crippen LogP contribution < -0.4 is 5.32 Å². The van der Waals surface area contributed by atoms with Crippen LogP contribution in [0.4, 0.5) is 0 Å². The minimum atomic E-state index is -0.756. The first-order valence-electron chi connectivity index (χ1n) is 6.93. The Hall–Kier alpha value is -1.84. The first kappa shape index (κ1) is 16.2. The summed E-state index contributed by atoms with van der Waals surface area (Å²) in [7, 11) is 1.61. The minimum Gasteiger partial charge on any atom is -0.481 e. The Balaban J connectivity index is 2.78. The van der Waals surface area contributed by atoms with Gasteiger partial charge in [0.2, 0.25) is 5.91 Å². The van der Waals surface area contributed by atoms with E-state index in [2.05, 4.69) is 5.32 Å². The first-order valence-corrected chi connectivity index (χ1v) is 6.93. The van der Waals surface area contributed by atoms with E-state index >= 15 is 0 Å². The number of carbonyl (C=O) groups is 2. The largest absolute Gasteiger partial charge is 0.481 e. The van der Waals surface area contributed by atoms with Gasteiger partial charge in [-0.2, -0.15) is 0 Å². The average Bonchev–Trinajstić information content (AvgIpc) is 2.41. The van der Waals surface area contributed by atoms with Crippen LogP contribution in [0.3, 0.4) is 0 Å². The molecular weight excluding hydrogens is 254 g/mol. The minimum absolute atomic E-state index is 0.0286. The molecule has 20 heavy (non-hydrogen) atoms. The van der Waals surface area contributed by atoms with Gasteiger partial charge in [0.05, 0.1) is 11.8 Å².